The molecule has 2 nitrogen and oxygen atoms in total. The third kappa shape index (κ3) is 14.0. The van der Waals surface area contributed by atoms with Crippen molar-refractivity contribution in [1.82, 2.24) is 5.32 Å². The van der Waals surface area contributed by atoms with Gasteiger partial charge in [-0.1, -0.05) is 71.1 Å². The zero-order valence-electron chi connectivity index (χ0n) is 12.7. The summed E-state index contributed by atoms with van der Waals surface area (Å²) in [6, 6.07) is 0.561. The van der Waals surface area contributed by atoms with Gasteiger partial charge in [-0.3, -0.25) is 0 Å². The first-order valence-corrected chi connectivity index (χ1v) is 8.15. The van der Waals surface area contributed by atoms with E-state index < -0.39 is 0 Å². The highest BCUT2D eigenvalue weighted by Crippen LogP contribution is 2.11. The average Bonchev–Trinajstić information content (AvgIpc) is 2.38. The molecule has 0 aromatic carbocycles. The van der Waals surface area contributed by atoms with Gasteiger partial charge in [0.25, 0.3) is 0 Å². The third-order valence-electron chi connectivity index (χ3n) is 3.60. The van der Waals surface area contributed by atoms with Crippen LogP contribution in [0.25, 0.3) is 0 Å². The molecule has 110 valence electrons. The Balaban J connectivity index is 3.02. The Morgan fingerprint density at radius 2 is 1.33 bits per heavy atom. The van der Waals surface area contributed by atoms with Crippen LogP contribution >= 0.6 is 0 Å². The second-order valence-electron chi connectivity index (χ2n) is 5.55. The van der Waals surface area contributed by atoms with Gasteiger partial charge in [-0.15, -0.1) is 0 Å². The molecule has 0 radical (unpaired) electrons. The first-order valence-electron chi connectivity index (χ1n) is 8.15. The summed E-state index contributed by atoms with van der Waals surface area (Å²) in [7, 11) is 0. The van der Waals surface area contributed by atoms with E-state index in [2.05, 4.69) is 19.2 Å². The van der Waals surface area contributed by atoms with Gasteiger partial charge in [-0.05, 0) is 13.3 Å². The highest BCUT2D eigenvalue weighted by molar-refractivity contribution is 4.60. The molecule has 0 aliphatic heterocycles. The van der Waals surface area contributed by atoms with Gasteiger partial charge in [-0.2, -0.15) is 0 Å². The molecule has 0 aromatic heterocycles. The molecule has 0 saturated carbocycles. The van der Waals surface area contributed by atoms with Crippen LogP contribution in [0.4, 0.5) is 0 Å². The molecule has 0 amide bonds. The Morgan fingerprint density at radius 1 is 0.833 bits per heavy atom. The van der Waals surface area contributed by atoms with E-state index in [0.717, 1.165) is 6.54 Å². The van der Waals surface area contributed by atoms with Gasteiger partial charge >= 0.3 is 0 Å². The number of unbranched alkanes of at least 4 members (excludes halogenated alkanes) is 9. The van der Waals surface area contributed by atoms with Crippen LogP contribution in [0.15, 0.2) is 0 Å². The zero-order valence-corrected chi connectivity index (χ0v) is 12.7. The largest absolute Gasteiger partial charge is 0.395 e. The van der Waals surface area contributed by atoms with Crippen LogP contribution in [0.2, 0.25) is 0 Å². The highest BCUT2D eigenvalue weighted by atomic mass is 16.3. The lowest BCUT2D eigenvalue weighted by atomic mass is 10.0. The summed E-state index contributed by atoms with van der Waals surface area (Å²) in [4.78, 5) is 0. The third-order valence-corrected chi connectivity index (χ3v) is 3.60. The number of hydrogen-bond acceptors (Lipinski definition) is 2. The Bertz CT molecular complexity index is 150. The quantitative estimate of drug-likeness (QED) is 0.456. The van der Waals surface area contributed by atoms with Crippen molar-refractivity contribution in [2.45, 2.75) is 90.5 Å². The van der Waals surface area contributed by atoms with Crippen LogP contribution in [0, 0.1) is 0 Å². The number of rotatable bonds is 14. The number of aliphatic hydroxyl groups is 1. The van der Waals surface area contributed by atoms with Crippen LogP contribution < -0.4 is 5.32 Å². The van der Waals surface area contributed by atoms with E-state index in [1.54, 1.807) is 0 Å². The van der Waals surface area contributed by atoms with Crippen LogP contribution in [0.5, 0.6) is 0 Å². The summed E-state index contributed by atoms with van der Waals surface area (Å²) in [6.45, 7) is 5.47. The number of hydrogen-bond donors (Lipinski definition) is 2. The van der Waals surface area contributed by atoms with Gasteiger partial charge in [0.1, 0.15) is 0 Å². The molecule has 2 heteroatoms. The van der Waals surface area contributed by atoms with Gasteiger partial charge in [0, 0.05) is 12.6 Å². The predicted octanol–water partition coefficient (Wildman–Crippen LogP) is 4.27. The molecule has 0 aromatic rings. The standard InChI is InChI=1S/C16H35NO/c1-3-4-5-6-7-8-9-10-11-12-13-16(2)17-14-15-18/h16-18H,3-15H2,1-2H3. The van der Waals surface area contributed by atoms with Gasteiger partial charge in [-0.25, -0.2) is 0 Å². The van der Waals surface area contributed by atoms with Crippen molar-refractivity contribution in [2.75, 3.05) is 13.2 Å². The lowest BCUT2D eigenvalue weighted by Crippen LogP contribution is -2.28. The maximum atomic E-state index is 8.70. The normalized spacial score (nSPS) is 12.8. The van der Waals surface area contributed by atoms with Crippen molar-refractivity contribution >= 4 is 0 Å². The van der Waals surface area contributed by atoms with Crippen molar-refractivity contribution in [1.29, 1.82) is 0 Å². The van der Waals surface area contributed by atoms with Crippen molar-refractivity contribution in [3.05, 3.63) is 0 Å². The molecule has 1 unspecified atom stereocenters. The maximum Gasteiger partial charge on any atom is 0.0556 e. The van der Waals surface area contributed by atoms with Crippen molar-refractivity contribution in [3.8, 4) is 0 Å². The van der Waals surface area contributed by atoms with Crippen molar-refractivity contribution in [2.24, 2.45) is 0 Å². The lowest BCUT2D eigenvalue weighted by molar-refractivity contribution is 0.283. The van der Waals surface area contributed by atoms with Gasteiger partial charge in [0.2, 0.25) is 0 Å². The molecule has 1 atom stereocenters. The van der Waals surface area contributed by atoms with Gasteiger partial charge in [0.15, 0.2) is 0 Å². The summed E-state index contributed by atoms with van der Waals surface area (Å²) < 4.78 is 0. The monoisotopic (exact) mass is 257 g/mol. The maximum absolute atomic E-state index is 8.70. The predicted molar refractivity (Wildman–Crippen MR) is 81.0 cm³/mol. The SMILES string of the molecule is CCCCCCCCCCCCC(C)NCCO. The van der Waals surface area contributed by atoms with E-state index in [9.17, 15) is 0 Å². The molecule has 0 heterocycles. The molecule has 0 rings (SSSR count). The fraction of sp³-hybridized carbons (Fsp3) is 1.00. The van der Waals surface area contributed by atoms with E-state index in [1.165, 1.54) is 70.6 Å². The van der Waals surface area contributed by atoms with E-state index in [1.807, 2.05) is 0 Å². The summed E-state index contributed by atoms with van der Waals surface area (Å²) in [5.41, 5.74) is 0. The van der Waals surface area contributed by atoms with Crippen molar-refractivity contribution < 1.29 is 5.11 Å². The fourth-order valence-corrected chi connectivity index (χ4v) is 2.35. The first-order chi connectivity index (χ1) is 8.81. The molecular formula is C16H35NO. The minimum atomic E-state index is 0.252. The highest BCUT2D eigenvalue weighted by Gasteiger charge is 1.99. The second-order valence-corrected chi connectivity index (χ2v) is 5.55. The molecule has 18 heavy (non-hydrogen) atoms. The molecule has 0 fully saturated rings. The number of nitrogens with one attached hydrogen (secondary N) is 1. The zero-order chi connectivity index (χ0) is 13.5. The molecule has 0 spiro atoms. The van der Waals surface area contributed by atoms with E-state index >= 15 is 0 Å². The van der Waals surface area contributed by atoms with E-state index in [4.69, 9.17) is 5.11 Å². The Kier molecular flexibility index (Phi) is 14.9. The molecule has 2 N–H and O–H groups in total. The molecule has 0 aliphatic rings. The fourth-order valence-electron chi connectivity index (χ4n) is 2.35. The number of aliphatic hydroxyl groups excluding tert-OH is 1. The Hall–Kier alpha value is -0.0800. The van der Waals surface area contributed by atoms with E-state index in [0.29, 0.717) is 6.04 Å². The minimum Gasteiger partial charge on any atom is -0.395 e. The average molecular weight is 257 g/mol. The Labute approximate surface area is 115 Å². The smallest absolute Gasteiger partial charge is 0.0556 e. The Morgan fingerprint density at radius 3 is 1.83 bits per heavy atom. The topological polar surface area (TPSA) is 32.3 Å². The van der Waals surface area contributed by atoms with Crippen molar-refractivity contribution in [3.63, 3.8) is 0 Å². The summed E-state index contributed by atoms with van der Waals surface area (Å²) in [5, 5.41) is 12.0. The first kappa shape index (κ1) is 17.9. The van der Waals surface area contributed by atoms with Crippen LogP contribution in [-0.4, -0.2) is 24.3 Å². The summed E-state index contributed by atoms with van der Waals surface area (Å²) in [5.74, 6) is 0. The van der Waals surface area contributed by atoms with Gasteiger partial charge in [0.05, 0.1) is 6.61 Å². The lowest BCUT2D eigenvalue weighted by Gasteiger charge is -2.12. The van der Waals surface area contributed by atoms with Crippen LogP contribution in [0.1, 0.15) is 84.5 Å². The molecule has 0 aliphatic carbocycles. The summed E-state index contributed by atoms with van der Waals surface area (Å²) in [6.07, 6.45) is 15.3. The summed E-state index contributed by atoms with van der Waals surface area (Å²) >= 11 is 0. The van der Waals surface area contributed by atoms with E-state index in [-0.39, 0.29) is 6.61 Å². The second kappa shape index (κ2) is 15.0. The minimum absolute atomic E-state index is 0.252. The van der Waals surface area contributed by atoms with Crippen LogP contribution in [-0.2, 0) is 0 Å². The van der Waals surface area contributed by atoms with Gasteiger partial charge < -0.3 is 10.4 Å². The molecule has 0 bridgehead atoms. The molecular weight excluding hydrogens is 222 g/mol. The molecule has 0 saturated heterocycles. The van der Waals surface area contributed by atoms with Crippen LogP contribution in [0.3, 0.4) is 0 Å².